The highest BCUT2D eigenvalue weighted by molar-refractivity contribution is 7.92. The van der Waals surface area contributed by atoms with Crippen molar-refractivity contribution in [1.29, 1.82) is 0 Å². The van der Waals surface area contributed by atoms with E-state index in [4.69, 9.17) is 16.3 Å². The molecule has 6 nitrogen and oxygen atoms in total. The number of carbonyl (C=O) groups excluding carboxylic acids is 1. The Bertz CT molecular complexity index is 929. The van der Waals surface area contributed by atoms with E-state index < -0.39 is 21.7 Å². The second kappa shape index (κ2) is 8.24. The molecule has 2 N–H and O–H groups in total. The Morgan fingerprint density at radius 1 is 1.19 bits per heavy atom. The van der Waals surface area contributed by atoms with E-state index in [1.807, 2.05) is 0 Å². The van der Waals surface area contributed by atoms with E-state index >= 15 is 0 Å². The van der Waals surface area contributed by atoms with Gasteiger partial charge in [-0.15, -0.1) is 0 Å². The predicted octanol–water partition coefficient (Wildman–Crippen LogP) is 3.19. The molecule has 1 fully saturated rings. The van der Waals surface area contributed by atoms with Gasteiger partial charge in [-0.2, -0.15) is 0 Å². The van der Waals surface area contributed by atoms with E-state index in [-0.39, 0.29) is 27.2 Å². The molecule has 1 aliphatic heterocycles. The Balaban J connectivity index is 1.80. The largest absolute Gasteiger partial charge is 0.379 e. The molecule has 2 aromatic carbocycles. The van der Waals surface area contributed by atoms with Crippen LogP contribution in [0.3, 0.4) is 0 Å². The van der Waals surface area contributed by atoms with E-state index in [0.717, 1.165) is 25.0 Å². The Kier molecular flexibility index (Phi) is 5.98. The number of hydrogen-bond donors (Lipinski definition) is 2. The predicted molar refractivity (Wildman–Crippen MR) is 100.0 cm³/mol. The lowest BCUT2D eigenvalue weighted by Gasteiger charge is -2.23. The summed E-state index contributed by atoms with van der Waals surface area (Å²) in [7, 11) is -3.97. The second-order valence-corrected chi connectivity index (χ2v) is 8.23. The maximum absolute atomic E-state index is 13.0. The Hall–Kier alpha value is -2.16. The van der Waals surface area contributed by atoms with Crippen LogP contribution in [0.1, 0.15) is 23.2 Å². The van der Waals surface area contributed by atoms with Gasteiger partial charge >= 0.3 is 0 Å². The van der Waals surface area contributed by atoms with Crippen LogP contribution in [-0.2, 0) is 14.8 Å². The van der Waals surface area contributed by atoms with Crippen LogP contribution in [0.25, 0.3) is 0 Å². The van der Waals surface area contributed by atoms with Crippen LogP contribution in [0.5, 0.6) is 0 Å². The van der Waals surface area contributed by atoms with Crippen LogP contribution in [0.2, 0.25) is 5.02 Å². The maximum atomic E-state index is 13.0. The molecule has 3 rings (SSSR count). The number of anilines is 1. The molecule has 2 aromatic rings. The zero-order valence-electron chi connectivity index (χ0n) is 14.2. The van der Waals surface area contributed by atoms with Crippen LogP contribution >= 0.6 is 11.6 Å². The minimum atomic E-state index is -3.97. The number of sulfonamides is 1. The average molecular weight is 413 g/mol. The van der Waals surface area contributed by atoms with E-state index in [2.05, 4.69) is 10.0 Å². The monoisotopic (exact) mass is 412 g/mol. The van der Waals surface area contributed by atoms with Gasteiger partial charge in [0.2, 0.25) is 0 Å². The molecule has 27 heavy (non-hydrogen) atoms. The number of ether oxygens (including phenoxy) is 1. The summed E-state index contributed by atoms with van der Waals surface area (Å²) in [5, 5.41) is 2.95. The third kappa shape index (κ3) is 4.97. The third-order valence-electron chi connectivity index (χ3n) is 4.08. The van der Waals surface area contributed by atoms with Crippen molar-refractivity contribution < 1.29 is 22.3 Å². The zero-order chi connectivity index (χ0) is 19.4. The lowest BCUT2D eigenvalue weighted by Crippen LogP contribution is -2.40. The molecular weight excluding hydrogens is 395 g/mol. The fourth-order valence-corrected chi connectivity index (χ4v) is 3.98. The van der Waals surface area contributed by atoms with Crippen LogP contribution in [-0.4, -0.2) is 33.6 Å². The summed E-state index contributed by atoms with van der Waals surface area (Å²) >= 11 is 6.09. The Morgan fingerprint density at radius 3 is 2.59 bits per heavy atom. The number of nitrogens with one attached hydrogen (secondary N) is 2. The Morgan fingerprint density at radius 2 is 1.93 bits per heavy atom. The van der Waals surface area contributed by atoms with Crippen molar-refractivity contribution in [2.45, 2.75) is 23.8 Å². The molecule has 1 unspecified atom stereocenters. The lowest BCUT2D eigenvalue weighted by molar-refractivity contribution is 0.0624. The van der Waals surface area contributed by atoms with Crippen molar-refractivity contribution in [3.63, 3.8) is 0 Å². The first-order valence-electron chi connectivity index (χ1n) is 8.32. The van der Waals surface area contributed by atoms with Gasteiger partial charge in [-0.05, 0) is 55.3 Å². The second-order valence-electron chi connectivity index (χ2n) is 6.14. The number of halogens is 2. The van der Waals surface area contributed by atoms with Crippen molar-refractivity contribution in [2.75, 3.05) is 17.9 Å². The molecule has 9 heteroatoms. The van der Waals surface area contributed by atoms with Gasteiger partial charge in [0.25, 0.3) is 15.9 Å². The summed E-state index contributed by atoms with van der Waals surface area (Å²) in [4.78, 5) is 12.4. The fraction of sp³-hybridized carbons (Fsp3) is 0.278. The molecule has 0 saturated carbocycles. The van der Waals surface area contributed by atoms with Gasteiger partial charge in [0, 0.05) is 12.3 Å². The zero-order valence-corrected chi connectivity index (χ0v) is 15.8. The quantitative estimate of drug-likeness (QED) is 0.789. The molecule has 1 atom stereocenters. The lowest BCUT2D eigenvalue weighted by atomic mass is 10.1. The number of carbonyl (C=O) groups is 1. The topological polar surface area (TPSA) is 84.5 Å². The van der Waals surface area contributed by atoms with E-state index in [1.54, 1.807) is 0 Å². The molecule has 1 amide bonds. The maximum Gasteiger partial charge on any atom is 0.261 e. The van der Waals surface area contributed by atoms with Crippen LogP contribution in [0, 0.1) is 5.82 Å². The first kappa shape index (κ1) is 19.6. The van der Waals surface area contributed by atoms with Gasteiger partial charge in [-0.25, -0.2) is 12.8 Å². The SMILES string of the molecule is O=C(NC1CCCOC1)c1cc(S(=O)(=O)Nc2ccc(F)cc2)ccc1Cl. The number of hydrogen-bond acceptors (Lipinski definition) is 4. The van der Waals surface area contributed by atoms with Crippen LogP contribution < -0.4 is 10.0 Å². The van der Waals surface area contributed by atoms with Gasteiger partial charge in [0.05, 0.1) is 28.1 Å². The summed E-state index contributed by atoms with van der Waals surface area (Å²) in [6, 6.07) is 8.63. The molecule has 1 aliphatic rings. The minimum Gasteiger partial charge on any atom is -0.379 e. The van der Waals surface area contributed by atoms with E-state index in [1.165, 1.54) is 30.3 Å². The third-order valence-corrected chi connectivity index (χ3v) is 5.79. The minimum absolute atomic E-state index is 0.0595. The highest BCUT2D eigenvalue weighted by atomic mass is 35.5. The van der Waals surface area contributed by atoms with Crippen molar-refractivity contribution in [3.05, 3.63) is 58.9 Å². The standard InChI is InChI=1S/C18H18ClFN2O4S/c19-17-8-7-15(27(24,25)22-13-5-3-12(20)4-6-13)10-16(17)18(23)21-14-2-1-9-26-11-14/h3-8,10,14,22H,1-2,9,11H2,(H,21,23). The van der Waals surface area contributed by atoms with Crippen molar-refractivity contribution in [2.24, 2.45) is 0 Å². The van der Waals surface area contributed by atoms with Gasteiger partial charge in [0.1, 0.15) is 5.82 Å². The summed E-state index contributed by atoms with van der Waals surface area (Å²) in [5.41, 5.74) is 0.265. The average Bonchev–Trinajstić information content (AvgIpc) is 2.64. The normalized spacial score (nSPS) is 17.3. The highest BCUT2D eigenvalue weighted by Gasteiger charge is 2.22. The summed E-state index contributed by atoms with van der Waals surface area (Å²) in [6.45, 7) is 1.07. The summed E-state index contributed by atoms with van der Waals surface area (Å²) in [5.74, 6) is -0.940. The molecule has 0 bridgehead atoms. The first-order valence-corrected chi connectivity index (χ1v) is 10.2. The van der Waals surface area contributed by atoms with Gasteiger partial charge in [-0.3, -0.25) is 9.52 Å². The van der Waals surface area contributed by atoms with E-state index in [0.29, 0.717) is 13.2 Å². The fourth-order valence-electron chi connectivity index (χ4n) is 2.70. The molecule has 0 spiro atoms. The number of benzene rings is 2. The molecule has 1 saturated heterocycles. The Labute approximate surface area is 161 Å². The molecule has 144 valence electrons. The first-order chi connectivity index (χ1) is 12.8. The summed E-state index contributed by atoms with van der Waals surface area (Å²) < 4.78 is 45.8. The summed E-state index contributed by atoms with van der Waals surface area (Å²) in [6.07, 6.45) is 1.63. The highest BCUT2D eigenvalue weighted by Crippen LogP contribution is 2.23. The van der Waals surface area contributed by atoms with Crippen molar-refractivity contribution in [1.82, 2.24) is 5.32 Å². The van der Waals surface area contributed by atoms with Crippen LogP contribution in [0.4, 0.5) is 10.1 Å². The number of rotatable bonds is 5. The van der Waals surface area contributed by atoms with Crippen LogP contribution in [0.15, 0.2) is 47.4 Å². The number of amides is 1. The van der Waals surface area contributed by atoms with Crippen molar-refractivity contribution >= 4 is 33.2 Å². The molecule has 0 aliphatic carbocycles. The van der Waals surface area contributed by atoms with Gasteiger partial charge < -0.3 is 10.1 Å². The molecular formula is C18H18ClFN2O4S. The smallest absolute Gasteiger partial charge is 0.261 e. The van der Waals surface area contributed by atoms with E-state index in [9.17, 15) is 17.6 Å². The molecule has 0 aromatic heterocycles. The van der Waals surface area contributed by atoms with Gasteiger partial charge in [-0.1, -0.05) is 11.6 Å². The van der Waals surface area contributed by atoms with Gasteiger partial charge in [0.15, 0.2) is 0 Å². The molecule has 1 heterocycles. The molecule has 0 radical (unpaired) electrons. The van der Waals surface area contributed by atoms with Crippen molar-refractivity contribution in [3.8, 4) is 0 Å².